The van der Waals surface area contributed by atoms with Crippen molar-refractivity contribution >= 4 is 50.1 Å². The summed E-state index contributed by atoms with van der Waals surface area (Å²) in [6, 6.07) is 26.3. The number of carbonyl (C=O) groups excluding carboxylic acids is 1. The number of nitrogens with one attached hydrogen (secondary N) is 2. The lowest BCUT2D eigenvalue weighted by atomic mass is 9.89. The number of rotatable bonds is 15. The van der Waals surface area contributed by atoms with E-state index in [9.17, 15) is 23.3 Å². The first-order valence-corrected chi connectivity index (χ1v) is 20.1. The van der Waals surface area contributed by atoms with Gasteiger partial charge in [0.1, 0.15) is 11.5 Å². The van der Waals surface area contributed by atoms with Crippen LogP contribution in [0, 0.1) is 16.0 Å². The Hall–Kier alpha value is -4.68. The van der Waals surface area contributed by atoms with Crippen molar-refractivity contribution in [1.82, 2.24) is 14.3 Å². The van der Waals surface area contributed by atoms with Gasteiger partial charge in [-0.05, 0) is 84.8 Å². The van der Waals surface area contributed by atoms with Crippen molar-refractivity contribution in [3.8, 4) is 11.1 Å². The maximum atomic E-state index is 13.2. The van der Waals surface area contributed by atoms with Crippen LogP contribution in [-0.2, 0) is 23.0 Å². The van der Waals surface area contributed by atoms with Gasteiger partial charge < -0.3 is 9.88 Å². The lowest BCUT2D eigenvalue weighted by molar-refractivity contribution is -0.384. The molecule has 0 unspecified atom stereocenters. The minimum Gasteiger partial charge on any atom is -0.379 e. The molecule has 6 rings (SSSR count). The quantitative estimate of drug-likeness (QED) is 0.0473. The first-order chi connectivity index (χ1) is 24.7. The molecule has 4 aromatic carbocycles. The molecule has 1 saturated carbocycles. The fourth-order valence-corrected chi connectivity index (χ4v) is 8.40. The van der Waals surface area contributed by atoms with Crippen LogP contribution in [0.2, 0.25) is 0 Å². The Kier molecular flexibility index (Phi) is 11.7. The Bertz CT molecular complexity index is 2090. The lowest BCUT2D eigenvalue weighted by Crippen LogP contribution is -2.30. The van der Waals surface area contributed by atoms with Crippen LogP contribution in [0.15, 0.2) is 101 Å². The number of nitro groups is 1. The molecule has 12 heteroatoms. The molecule has 266 valence electrons. The van der Waals surface area contributed by atoms with Crippen LogP contribution in [-0.4, -0.2) is 41.1 Å². The van der Waals surface area contributed by atoms with E-state index in [1.54, 1.807) is 36.0 Å². The highest BCUT2D eigenvalue weighted by atomic mass is 32.2. The molecule has 0 saturated heterocycles. The van der Waals surface area contributed by atoms with Crippen LogP contribution in [0.4, 0.5) is 11.4 Å². The monoisotopic (exact) mass is 725 g/mol. The van der Waals surface area contributed by atoms with Gasteiger partial charge in [-0.25, -0.2) is 18.1 Å². The highest BCUT2D eigenvalue weighted by molar-refractivity contribution is 7.99. The molecule has 0 radical (unpaired) electrons. The van der Waals surface area contributed by atoms with Gasteiger partial charge in [-0.3, -0.25) is 14.9 Å². The second kappa shape index (κ2) is 16.6. The molecule has 0 atom stereocenters. The second-order valence-electron chi connectivity index (χ2n) is 13.0. The third-order valence-corrected chi connectivity index (χ3v) is 11.7. The topological polar surface area (TPSA) is 136 Å². The van der Waals surface area contributed by atoms with Gasteiger partial charge in [0.2, 0.25) is 0 Å². The van der Waals surface area contributed by atoms with Crippen LogP contribution in [0.3, 0.4) is 0 Å². The summed E-state index contributed by atoms with van der Waals surface area (Å²) in [7, 11) is -4.39. The number of unbranched alkanes of at least 4 members (excludes halogenated alkanes) is 1. The van der Waals surface area contributed by atoms with Crippen molar-refractivity contribution in [2.24, 2.45) is 5.92 Å². The summed E-state index contributed by atoms with van der Waals surface area (Å²) < 4.78 is 30.8. The van der Waals surface area contributed by atoms with Crippen LogP contribution in [0.25, 0.3) is 22.2 Å². The van der Waals surface area contributed by atoms with Crippen LogP contribution in [0.1, 0.15) is 68.1 Å². The number of aromatic nitrogens is 2. The van der Waals surface area contributed by atoms with Crippen LogP contribution < -0.4 is 10.0 Å². The summed E-state index contributed by atoms with van der Waals surface area (Å²) in [4.78, 5) is 30.0. The Morgan fingerprint density at radius 1 is 0.961 bits per heavy atom. The number of hydrogen-bond acceptors (Lipinski definition) is 8. The molecular formula is C39H43N5O5S2. The molecule has 1 fully saturated rings. The van der Waals surface area contributed by atoms with Crippen molar-refractivity contribution < 1.29 is 18.1 Å². The number of anilines is 1. The van der Waals surface area contributed by atoms with E-state index in [1.807, 2.05) is 30.3 Å². The number of aryl methyl sites for hydroxylation is 1. The number of fused-ring (bicyclic) bond motifs is 1. The maximum absolute atomic E-state index is 13.2. The summed E-state index contributed by atoms with van der Waals surface area (Å²) in [5.41, 5.74) is 3.85. The first-order valence-electron chi connectivity index (χ1n) is 17.6. The van der Waals surface area contributed by atoms with Crippen molar-refractivity contribution in [2.45, 2.75) is 74.6 Å². The number of amides is 1. The average molecular weight is 726 g/mol. The molecule has 0 bridgehead atoms. The standard InChI is InChI=1S/C39H43N5O5S2/c1-2-3-14-38-41-35-25-31(19-22-36(35)43(38)27-28-10-6-4-7-11-28)29-15-17-30(18-16-29)39(45)42-51(48,49)33-20-21-34(37(26-33)44(46)47)40-23-24-50-32-12-8-5-9-13-32/h5,8-9,12-13,15-22,25-26,28,40H,2-4,6-7,10-11,14,23-24,27H2,1H3,(H,42,45). The molecule has 1 aromatic heterocycles. The van der Waals surface area contributed by atoms with Gasteiger partial charge >= 0.3 is 0 Å². The number of carbonyl (C=O) groups is 1. The normalized spacial score (nSPS) is 13.7. The highest BCUT2D eigenvalue weighted by Crippen LogP contribution is 2.31. The van der Waals surface area contributed by atoms with Crippen LogP contribution in [0.5, 0.6) is 0 Å². The van der Waals surface area contributed by atoms with E-state index in [-0.39, 0.29) is 16.1 Å². The van der Waals surface area contributed by atoms with E-state index in [0.717, 1.165) is 64.8 Å². The van der Waals surface area contributed by atoms with Gasteiger partial charge in [0, 0.05) is 41.8 Å². The molecule has 5 aromatic rings. The molecule has 51 heavy (non-hydrogen) atoms. The fraction of sp³-hybridized carbons (Fsp3) is 0.333. The Labute approximate surface area is 303 Å². The molecule has 10 nitrogen and oxygen atoms in total. The van der Waals surface area contributed by atoms with E-state index in [4.69, 9.17) is 4.98 Å². The zero-order chi connectivity index (χ0) is 35.8. The van der Waals surface area contributed by atoms with Crippen molar-refractivity contribution in [2.75, 3.05) is 17.6 Å². The van der Waals surface area contributed by atoms with Crippen molar-refractivity contribution in [1.29, 1.82) is 0 Å². The Morgan fingerprint density at radius 3 is 2.43 bits per heavy atom. The number of sulfonamides is 1. The van der Waals surface area contributed by atoms with Crippen molar-refractivity contribution in [3.05, 3.63) is 112 Å². The molecule has 1 heterocycles. The molecule has 1 aliphatic carbocycles. The zero-order valence-electron chi connectivity index (χ0n) is 28.7. The average Bonchev–Trinajstić information content (AvgIpc) is 3.49. The SMILES string of the molecule is CCCCc1nc2cc(-c3ccc(C(=O)NS(=O)(=O)c4ccc(NCCSc5ccccc5)c([N+](=O)[O-])c4)cc3)ccc2n1CC1CCCCC1. The minimum atomic E-state index is -4.39. The summed E-state index contributed by atoms with van der Waals surface area (Å²) in [6.07, 6.45) is 9.62. The third-order valence-electron chi connectivity index (χ3n) is 9.36. The van der Waals surface area contributed by atoms with Gasteiger partial charge in [-0.1, -0.05) is 69.0 Å². The van der Waals surface area contributed by atoms with Gasteiger partial charge in [-0.15, -0.1) is 11.8 Å². The molecule has 0 aliphatic heterocycles. The minimum absolute atomic E-state index is 0.144. The summed E-state index contributed by atoms with van der Waals surface area (Å²) in [6.45, 7) is 3.63. The molecule has 0 spiro atoms. The number of thioether (sulfide) groups is 1. The van der Waals surface area contributed by atoms with E-state index < -0.39 is 26.5 Å². The summed E-state index contributed by atoms with van der Waals surface area (Å²) >= 11 is 1.60. The first kappa shape index (κ1) is 36.1. The van der Waals surface area contributed by atoms with E-state index >= 15 is 0 Å². The Balaban J connectivity index is 1.13. The lowest BCUT2D eigenvalue weighted by Gasteiger charge is -2.23. The number of nitrogens with zero attached hydrogens (tertiary/aromatic N) is 3. The largest absolute Gasteiger partial charge is 0.379 e. The highest BCUT2D eigenvalue weighted by Gasteiger charge is 2.24. The molecular weight excluding hydrogens is 683 g/mol. The van der Waals surface area contributed by atoms with Gasteiger partial charge in [0.05, 0.1) is 20.9 Å². The number of nitro benzene ring substituents is 1. The summed E-state index contributed by atoms with van der Waals surface area (Å²) in [5.74, 6) is 1.64. The van der Waals surface area contributed by atoms with E-state index in [0.29, 0.717) is 18.2 Å². The number of benzene rings is 4. The fourth-order valence-electron chi connectivity index (χ4n) is 6.62. The van der Waals surface area contributed by atoms with Crippen molar-refractivity contribution in [3.63, 3.8) is 0 Å². The Morgan fingerprint density at radius 2 is 1.71 bits per heavy atom. The predicted molar refractivity (Wildman–Crippen MR) is 204 cm³/mol. The molecule has 1 aliphatic rings. The molecule has 1 amide bonds. The molecule has 2 N–H and O–H groups in total. The maximum Gasteiger partial charge on any atom is 0.293 e. The second-order valence-corrected chi connectivity index (χ2v) is 15.8. The number of hydrogen-bond donors (Lipinski definition) is 2. The third kappa shape index (κ3) is 8.98. The smallest absolute Gasteiger partial charge is 0.293 e. The van der Waals surface area contributed by atoms with Crippen LogP contribution >= 0.6 is 11.8 Å². The predicted octanol–water partition coefficient (Wildman–Crippen LogP) is 8.86. The number of imidazole rings is 1. The van der Waals surface area contributed by atoms with Gasteiger partial charge in [0.25, 0.3) is 21.6 Å². The van der Waals surface area contributed by atoms with Gasteiger partial charge in [-0.2, -0.15) is 0 Å². The summed E-state index contributed by atoms with van der Waals surface area (Å²) in [5, 5.41) is 14.9. The zero-order valence-corrected chi connectivity index (χ0v) is 30.3. The van der Waals surface area contributed by atoms with Gasteiger partial charge in [0.15, 0.2) is 0 Å². The van der Waals surface area contributed by atoms with E-state index in [1.165, 1.54) is 44.2 Å². The van der Waals surface area contributed by atoms with E-state index in [2.05, 4.69) is 39.7 Å².